The summed E-state index contributed by atoms with van der Waals surface area (Å²) in [7, 11) is 0. The first-order valence-corrected chi connectivity index (χ1v) is 8.26. The second-order valence-electron chi connectivity index (χ2n) is 6.48. The molecular weight excluding hydrogens is 238 g/mol. The predicted octanol–water partition coefficient (Wildman–Crippen LogP) is 2.87. The molecule has 2 aliphatic rings. The van der Waals surface area contributed by atoms with Gasteiger partial charge in [-0.2, -0.15) is 0 Å². The Morgan fingerprint density at radius 3 is 2.79 bits per heavy atom. The number of nitrogens with one attached hydrogen (secondary N) is 1. The highest BCUT2D eigenvalue weighted by molar-refractivity contribution is 4.92. The van der Waals surface area contributed by atoms with Gasteiger partial charge in [0, 0.05) is 19.3 Å². The van der Waals surface area contributed by atoms with Crippen molar-refractivity contribution in [1.29, 1.82) is 0 Å². The maximum Gasteiger partial charge on any atom is 0.0697 e. The second kappa shape index (κ2) is 7.61. The largest absolute Gasteiger partial charge is 0.396 e. The Morgan fingerprint density at radius 1 is 1.32 bits per heavy atom. The third-order valence-corrected chi connectivity index (χ3v) is 5.07. The summed E-state index contributed by atoms with van der Waals surface area (Å²) in [4.78, 5) is 0. The molecule has 0 aromatic heterocycles. The van der Waals surface area contributed by atoms with Gasteiger partial charge in [-0.3, -0.25) is 0 Å². The molecule has 1 heterocycles. The van der Waals surface area contributed by atoms with Gasteiger partial charge in [0.1, 0.15) is 0 Å². The van der Waals surface area contributed by atoms with Gasteiger partial charge in [-0.1, -0.05) is 32.6 Å². The minimum Gasteiger partial charge on any atom is -0.396 e. The summed E-state index contributed by atoms with van der Waals surface area (Å²) < 4.78 is 6.14. The standard InChI is InChI=1S/C16H31NO2/c1-2-14(6-10-18)13-17-15-7-11-19-16(12-15)8-4-3-5-9-16/h14-15,17-18H,2-13H2,1H3. The minimum atomic E-state index is 0.201. The predicted molar refractivity (Wildman–Crippen MR) is 78.3 cm³/mol. The average molecular weight is 269 g/mol. The van der Waals surface area contributed by atoms with Crippen LogP contribution in [0.5, 0.6) is 0 Å². The molecule has 0 aromatic rings. The van der Waals surface area contributed by atoms with Crippen LogP contribution in [0.1, 0.15) is 64.7 Å². The first kappa shape index (κ1) is 15.3. The minimum absolute atomic E-state index is 0.201. The van der Waals surface area contributed by atoms with Crippen molar-refractivity contribution >= 4 is 0 Å². The molecule has 19 heavy (non-hydrogen) atoms. The Labute approximate surface area is 118 Å². The Balaban J connectivity index is 1.77. The molecular formula is C16H31NO2. The number of hydrogen-bond donors (Lipinski definition) is 2. The molecule has 0 aromatic carbocycles. The van der Waals surface area contributed by atoms with E-state index in [4.69, 9.17) is 9.84 Å². The van der Waals surface area contributed by atoms with E-state index in [2.05, 4.69) is 12.2 Å². The van der Waals surface area contributed by atoms with Crippen LogP contribution in [0.4, 0.5) is 0 Å². The maximum absolute atomic E-state index is 9.06. The summed E-state index contributed by atoms with van der Waals surface area (Å²) in [6.07, 6.45) is 11.0. The lowest BCUT2D eigenvalue weighted by Crippen LogP contribution is -2.48. The molecule has 1 spiro atoms. The molecule has 0 radical (unpaired) electrons. The fourth-order valence-corrected chi connectivity index (χ4v) is 3.71. The zero-order valence-electron chi connectivity index (χ0n) is 12.5. The molecule has 2 fully saturated rings. The molecule has 0 bridgehead atoms. The lowest BCUT2D eigenvalue weighted by Gasteiger charge is -2.44. The van der Waals surface area contributed by atoms with E-state index in [0.29, 0.717) is 18.6 Å². The van der Waals surface area contributed by atoms with Crippen LogP contribution in [-0.4, -0.2) is 36.5 Å². The first-order valence-electron chi connectivity index (χ1n) is 8.26. The van der Waals surface area contributed by atoms with Gasteiger partial charge in [-0.05, 0) is 44.6 Å². The lowest BCUT2D eigenvalue weighted by molar-refractivity contribution is -0.109. The first-order chi connectivity index (χ1) is 9.28. The number of rotatable bonds is 6. The Morgan fingerprint density at radius 2 is 2.11 bits per heavy atom. The quantitative estimate of drug-likeness (QED) is 0.779. The van der Waals surface area contributed by atoms with Gasteiger partial charge in [0.2, 0.25) is 0 Å². The van der Waals surface area contributed by atoms with Gasteiger partial charge in [0.25, 0.3) is 0 Å². The summed E-state index contributed by atoms with van der Waals surface area (Å²) in [6.45, 7) is 4.51. The zero-order valence-corrected chi connectivity index (χ0v) is 12.5. The molecule has 1 saturated heterocycles. The van der Waals surface area contributed by atoms with Gasteiger partial charge >= 0.3 is 0 Å². The molecule has 2 unspecified atom stereocenters. The van der Waals surface area contributed by atoms with Crippen LogP contribution < -0.4 is 5.32 Å². The van der Waals surface area contributed by atoms with E-state index >= 15 is 0 Å². The van der Waals surface area contributed by atoms with Crippen molar-refractivity contribution < 1.29 is 9.84 Å². The van der Waals surface area contributed by atoms with Crippen LogP contribution in [0.25, 0.3) is 0 Å². The van der Waals surface area contributed by atoms with E-state index in [1.807, 2.05) is 0 Å². The van der Waals surface area contributed by atoms with Crippen molar-refractivity contribution in [2.75, 3.05) is 19.8 Å². The number of hydrogen-bond acceptors (Lipinski definition) is 3. The highest BCUT2D eigenvalue weighted by atomic mass is 16.5. The zero-order chi connectivity index (χ0) is 13.6. The maximum atomic E-state index is 9.06. The molecule has 112 valence electrons. The summed E-state index contributed by atoms with van der Waals surface area (Å²) in [5.41, 5.74) is 0.201. The summed E-state index contributed by atoms with van der Waals surface area (Å²) in [5, 5.41) is 12.8. The van der Waals surface area contributed by atoms with E-state index in [9.17, 15) is 0 Å². The van der Waals surface area contributed by atoms with Crippen molar-refractivity contribution in [2.45, 2.75) is 76.4 Å². The molecule has 0 amide bonds. The summed E-state index contributed by atoms with van der Waals surface area (Å²) in [5.74, 6) is 0.621. The molecule has 2 N–H and O–H groups in total. The van der Waals surface area contributed by atoms with Crippen LogP contribution in [0.2, 0.25) is 0 Å². The van der Waals surface area contributed by atoms with E-state index in [0.717, 1.165) is 32.4 Å². The van der Waals surface area contributed by atoms with E-state index < -0.39 is 0 Å². The van der Waals surface area contributed by atoms with Crippen LogP contribution in [0, 0.1) is 5.92 Å². The van der Waals surface area contributed by atoms with Crippen LogP contribution in [0.15, 0.2) is 0 Å². The number of ether oxygens (including phenoxy) is 1. The third kappa shape index (κ3) is 4.44. The van der Waals surface area contributed by atoms with E-state index in [1.165, 1.54) is 38.5 Å². The van der Waals surface area contributed by atoms with E-state index in [1.54, 1.807) is 0 Å². The van der Waals surface area contributed by atoms with Gasteiger partial charge in [0.05, 0.1) is 5.60 Å². The lowest BCUT2D eigenvalue weighted by atomic mass is 9.78. The van der Waals surface area contributed by atoms with Crippen LogP contribution >= 0.6 is 0 Å². The van der Waals surface area contributed by atoms with Gasteiger partial charge in [-0.25, -0.2) is 0 Å². The Hall–Kier alpha value is -0.120. The molecule has 3 nitrogen and oxygen atoms in total. The van der Waals surface area contributed by atoms with Crippen molar-refractivity contribution in [2.24, 2.45) is 5.92 Å². The van der Waals surface area contributed by atoms with Crippen molar-refractivity contribution in [3.8, 4) is 0 Å². The average Bonchev–Trinajstić information content (AvgIpc) is 2.44. The fraction of sp³-hybridized carbons (Fsp3) is 1.00. The fourth-order valence-electron chi connectivity index (χ4n) is 3.71. The Bertz CT molecular complexity index is 246. The summed E-state index contributed by atoms with van der Waals surface area (Å²) in [6, 6.07) is 0.625. The Kier molecular flexibility index (Phi) is 6.11. The highest BCUT2D eigenvalue weighted by Crippen LogP contribution is 2.38. The monoisotopic (exact) mass is 269 g/mol. The third-order valence-electron chi connectivity index (χ3n) is 5.07. The SMILES string of the molecule is CCC(CCO)CNC1CCOC2(CCCCC2)C1. The topological polar surface area (TPSA) is 41.5 Å². The van der Waals surface area contributed by atoms with Gasteiger partial charge < -0.3 is 15.2 Å². The van der Waals surface area contributed by atoms with Crippen molar-refractivity contribution in [3.63, 3.8) is 0 Å². The molecule has 3 heteroatoms. The smallest absolute Gasteiger partial charge is 0.0697 e. The van der Waals surface area contributed by atoms with Crippen molar-refractivity contribution in [1.82, 2.24) is 5.32 Å². The molecule has 1 aliphatic heterocycles. The summed E-state index contributed by atoms with van der Waals surface area (Å²) >= 11 is 0. The van der Waals surface area contributed by atoms with E-state index in [-0.39, 0.29) is 5.60 Å². The highest BCUT2D eigenvalue weighted by Gasteiger charge is 2.38. The number of aliphatic hydroxyl groups is 1. The second-order valence-corrected chi connectivity index (χ2v) is 6.48. The number of aliphatic hydroxyl groups excluding tert-OH is 1. The normalized spacial score (nSPS) is 28.4. The van der Waals surface area contributed by atoms with Crippen LogP contribution in [0.3, 0.4) is 0 Å². The molecule has 2 atom stereocenters. The van der Waals surface area contributed by atoms with Gasteiger partial charge in [0.15, 0.2) is 0 Å². The van der Waals surface area contributed by atoms with Crippen molar-refractivity contribution in [3.05, 3.63) is 0 Å². The van der Waals surface area contributed by atoms with Gasteiger partial charge in [-0.15, -0.1) is 0 Å². The molecule has 1 aliphatic carbocycles. The molecule has 2 rings (SSSR count). The molecule has 1 saturated carbocycles. The van der Waals surface area contributed by atoms with Crippen LogP contribution in [-0.2, 0) is 4.74 Å².